The van der Waals surface area contributed by atoms with Crippen LogP contribution in [0, 0.1) is 17.0 Å². The van der Waals surface area contributed by atoms with E-state index in [4.69, 9.17) is 0 Å². The van der Waals surface area contributed by atoms with Crippen LogP contribution in [0.15, 0.2) is 18.2 Å². The molecule has 0 amide bonds. The molecule has 104 valence electrons. The smallest absolute Gasteiger partial charge is 0.271 e. The highest BCUT2D eigenvalue weighted by molar-refractivity contribution is 5.56. The molecule has 1 aromatic rings. The normalized spacial score (nSPS) is 20.2. The second-order valence-corrected chi connectivity index (χ2v) is 5.27. The Kier molecular flexibility index (Phi) is 4.37. The number of likely N-dealkylation sites (tertiary alicyclic amines) is 1. The van der Waals surface area contributed by atoms with E-state index in [-0.39, 0.29) is 10.6 Å². The first-order chi connectivity index (χ1) is 9.08. The minimum Gasteiger partial charge on any atom is -0.383 e. The van der Waals surface area contributed by atoms with Gasteiger partial charge in [0.15, 0.2) is 0 Å². The molecule has 2 rings (SSSR count). The molecular weight excluding hydrogens is 242 g/mol. The third-order valence-electron chi connectivity index (χ3n) is 3.88. The lowest BCUT2D eigenvalue weighted by atomic mass is 10.0. The van der Waals surface area contributed by atoms with Gasteiger partial charge in [-0.05, 0) is 38.9 Å². The van der Waals surface area contributed by atoms with E-state index in [9.17, 15) is 10.1 Å². The van der Waals surface area contributed by atoms with Gasteiger partial charge in [-0.25, -0.2) is 0 Å². The zero-order valence-corrected chi connectivity index (χ0v) is 11.6. The molecule has 1 saturated heterocycles. The van der Waals surface area contributed by atoms with E-state index in [0.29, 0.717) is 6.04 Å². The Hall–Kier alpha value is -1.62. The Balaban J connectivity index is 2.02. The largest absolute Gasteiger partial charge is 0.383 e. The van der Waals surface area contributed by atoms with Crippen molar-refractivity contribution in [3.8, 4) is 0 Å². The molecule has 5 nitrogen and oxygen atoms in total. The predicted molar refractivity (Wildman–Crippen MR) is 76.6 cm³/mol. The van der Waals surface area contributed by atoms with Gasteiger partial charge in [-0.3, -0.25) is 10.1 Å². The van der Waals surface area contributed by atoms with Gasteiger partial charge in [0.2, 0.25) is 0 Å². The van der Waals surface area contributed by atoms with Gasteiger partial charge >= 0.3 is 0 Å². The first kappa shape index (κ1) is 13.8. The monoisotopic (exact) mass is 263 g/mol. The summed E-state index contributed by atoms with van der Waals surface area (Å²) in [4.78, 5) is 12.8. The lowest BCUT2D eigenvalue weighted by Gasteiger charge is -2.32. The van der Waals surface area contributed by atoms with Crippen LogP contribution in [-0.2, 0) is 0 Å². The molecular formula is C14H21N3O2. The molecule has 1 aliphatic heterocycles. The third-order valence-corrected chi connectivity index (χ3v) is 3.88. The molecule has 1 heterocycles. The van der Waals surface area contributed by atoms with E-state index in [1.165, 1.54) is 19.3 Å². The maximum Gasteiger partial charge on any atom is 0.271 e. The molecule has 1 aliphatic rings. The highest BCUT2D eigenvalue weighted by Crippen LogP contribution is 2.23. The minimum absolute atomic E-state index is 0.144. The van der Waals surface area contributed by atoms with Crippen molar-refractivity contribution >= 4 is 11.4 Å². The fraction of sp³-hybridized carbons (Fsp3) is 0.571. The van der Waals surface area contributed by atoms with Gasteiger partial charge in [0.05, 0.1) is 4.92 Å². The maximum absolute atomic E-state index is 10.8. The number of nitrogens with zero attached hydrogens (tertiary/aromatic N) is 2. The van der Waals surface area contributed by atoms with E-state index in [1.54, 1.807) is 18.2 Å². The second kappa shape index (κ2) is 6.02. The highest BCUT2D eigenvalue weighted by atomic mass is 16.6. The fourth-order valence-electron chi connectivity index (χ4n) is 2.54. The van der Waals surface area contributed by atoms with E-state index in [0.717, 1.165) is 24.3 Å². The van der Waals surface area contributed by atoms with Crippen molar-refractivity contribution in [2.24, 2.45) is 0 Å². The summed E-state index contributed by atoms with van der Waals surface area (Å²) in [5.74, 6) is 0. The highest BCUT2D eigenvalue weighted by Gasteiger charge is 2.19. The summed E-state index contributed by atoms with van der Waals surface area (Å²) in [5, 5.41) is 14.2. The first-order valence-corrected chi connectivity index (χ1v) is 6.77. The van der Waals surface area contributed by atoms with Crippen LogP contribution in [-0.4, -0.2) is 36.0 Å². The zero-order chi connectivity index (χ0) is 13.8. The van der Waals surface area contributed by atoms with Crippen molar-refractivity contribution in [1.29, 1.82) is 0 Å². The fourth-order valence-corrected chi connectivity index (χ4v) is 2.54. The SMILES string of the molecule is Cc1ccc([N+](=O)[O-])cc1NCC1CCCCN1C. The van der Waals surface area contributed by atoms with Crippen LogP contribution in [0.2, 0.25) is 0 Å². The number of nitrogens with one attached hydrogen (secondary N) is 1. The van der Waals surface area contributed by atoms with Crippen LogP contribution in [0.1, 0.15) is 24.8 Å². The molecule has 0 radical (unpaired) electrons. The van der Waals surface area contributed by atoms with Crippen molar-refractivity contribution in [2.75, 3.05) is 25.5 Å². The van der Waals surface area contributed by atoms with Crippen molar-refractivity contribution in [3.63, 3.8) is 0 Å². The average molecular weight is 263 g/mol. The topological polar surface area (TPSA) is 58.4 Å². The minimum atomic E-state index is -0.350. The van der Waals surface area contributed by atoms with Gasteiger partial charge in [0.25, 0.3) is 5.69 Å². The number of non-ortho nitro benzene ring substituents is 1. The summed E-state index contributed by atoms with van der Waals surface area (Å²) in [6, 6.07) is 5.49. The van der Waals surface area contributed by atoms with Crippen molar-refractivity contribution < 1.29 is 4.92 Å². The Morgan fingerprint density at radius 2 is 2.26 bits per heavy atom. The molecule has 19 heavy (non-hydrogen) atoms. The molecule has 0 aromatic heterocycles. The van der Waals surface area contributed by atoms with Gasteiger partial charge in [0, 0.05) is 30.4 Å². The zero-order valence-electron chi connectivity index (χ0n) is 11.6. The van der Waals surface area contributed by atoms with Gasteiger partial charge < -0.3 is 10.2 Å². The number of anilines is 1. The van der Waals surface area contributed by atoms with Gasteiger partial charge in [-0.1, -0.05) is 12.5 Å². The summed E-state index contributed by atoms with van der Waals surface area (Å²) in [6.07, 6.45) is 3.73. The molecule has 0 saturated carbocycles. The maximum atomic E-state index is 10.8. The van der Waals surface area contributed by atoms with Gasteiger partial charge in [-0.2, -0.15) is 0 Å². The Labute approximate surface area is 113 Å². The molecule has 0 bridgehead atoms. The van der Waals surface area contributed by atoms with Crippen LogP contribution in [0.4, 0.5) is 11.4 Å². The lowest BCUT2D eigenvalue weighted by Crippen LogP contribution is -2.40. The summed E-state index contributed by atoms with van der Waals surface area (Å²) in [5.41, 5.74) is 2.06. The van der Waals surface area contributed by atoms with Crippen LogP contribution in [0.25, 0.3) is 0 Å². The molecule has 1 N–H and O–H groups in total. The van der Waals surface area contributed by atoms with E-state index in [2.05, 4.69) is 17.3 Å². The van der Waals surface area contributed by atoms with Gasteiger partial charge in [-0.15, -0.1) is 0 Å². The van der Waals surface area contributed by atoms with Crippen LogP contribution in [0.5, 0.6) is 0 Å². The molecule has 0 spiro atoms. The Bertz CT molecular complexity index is 462. The van der Waals surface area contributed by atoms with E-state index >= 15 is 0 Å². The number of hydrogen-bond donors (Lipinski definition) is 1. The quantitative estimate of drug-likeness (QED) is 0.670. The molecule has 0 aliphatic carbocycles. The first-order valence-electron chi connectivity index (χ1n) is 6.77. The Morgan fingerprint density at radius 3 is 2.95 bits per heavy atom. The lowest BCUT2D eigenvalue weighted by molar-refractivity contribution is -0.384. The van der Waals surface area contributed by atoms with E-state index < -0.39 is 0 Å². The summed E-state index contributed by atoms with van der Waals surface area (Å²) < 4.78 is 0. The number of benzene rings is 1. The van der Waals surface area contributed by atoms with Crippen LogP contribution in [0.3, 0.4) is 0 Å². The third kappa shape index (κ3) is 3.44. The number of hydrogen-bond acceptors (Lipinski definition) is 4. The second-order valence-electron chi connectivity index (χ2n) is 5.27. The number of rotatable bonds is 4. The summed E-state index contributed by atoms with van der Waals surface area (Å²) >= 11 is 0. The molecule has 1 fully saturated rings. The van der Waals surface area contributed by atoms with Crippen LogP contribution >= 0.6 is 0 Å². The van der Waals surface area contributed by atoms with E-state index in [1.807, 2.05) is 6.92 Å². The molecule has 1 aromatic carbocycles. The van der Waals surface area contributed by atoms with Crippen molar-refractivity contribution in [3.05, 3.63) is 33.9 Å². The predicted octanol–water partition coefficient (Wildman–Crippen LogP) is 2.80. The number of nitro groups is 1. The van der Waals surface area contributed by atoms with Crippen LogP contribution < -0.4 is 5.32 Å². The summed E-state index contributed by atoms with van der Waals surface area (Å²) in [7, 11) is 2.14. The number of nitro benzene ring substituents is 1. The standard InChI is InChI=1S/C14H21N3O2/c1-11-6-7-12(17(18)19)9-14(11)15-10-13-5-3-4-8-16(13)2/h6-7,9,13,15H,3-5,8,10H2,1-2H3. The Morgan fingerprint density at radius 1 is 1.47 bits per heavy atom. The van der Waals surface area contributed by atoms with Gasteiger partial charge in [0.1, 0.15) is 0 Å². The molecule has 1 unspecified atom stereocenters. The average Bonchev–Trinajstić information content (AvgIpc) is 2.39. The van der Waals surface area contributed by atoms with Crippen molar-refractivity contribution in [1.82, 2.24) is 4.90 Å². The number of likely N-dealkylation sites (N-methyl/N-ethyl adjacent to an activating group) is 1. The molecule has 1 atom stereocenters. The van der Waals surface area contributed by atoms with Crippen molar-refractivity contribution in [2.45, 2.75) is 32.2 Å². The number of piperidine rings is 1. The summed E-state index contributed by atoms with van der Waals surface area (Å²) in [6.45, 7) is 3.95. The number of aryl methyl sites for hydroxylation is 1. The molecule has 5 heteroatoms.